The molecule has 7 aromatic rings. The lowest BCUT2D eigenvalue weighted by Gasteiger charge is -2.16. The van der Waals surface area contributed by atoms with Gasteiger partial charge >= 0.3 is 0 Å². The van der Waals surface area contributed by atoms with Gasteiger partial charge in [0.25, 0.3) is 0 Å². The van der Waals surface area contributed by atoms with Crippen LogP contribution >= 0.6 is 0 Å². The van der Waals surface area contributed by atoms with Crippen LogP contribution in [0, 0.1) is 35.8 Å². The summed E-state index contributed by atoms with van der Waals surface area (Å²) in [6, 6.07) is 32.5. The van der Waals surface area contributed by atoms with Crippen LogP contribution in [0.4, 0.5) is 11.4 Å². The molecule has 2 heterocycles. The van der Waals surface area contributed by atoms with E-state index in [0.717, 1.165) is 43.7 Å². The summed E-state index contributed by atoms with van der Waals surface area (Å²) in [7, 11) is 0. The van der Waals surface area contributed by atoms with Gasteiger partial charge in [0, 0.05) is 21.7 Å². The molecule has 0 N–H and O–H groups in total. The summed E-state index contributed by atoms with van der Waals surface area (Å²) >= 11 is 0. The molecule has 0 spiro atoms. The van der Waals surface area contributed by atoms with Gasteiger partial charge < -0.3 is 8.98 Å². The molecule has 0 radical (unpaired) electrons. The number of aromatic nitrogens is 1. The Hall–Kier alpha value is -6.34. The van der Waals surface area contributed by atoms with E-state index in [1.54, 1.807) is 24.3 Å². The molecule has 0 bridgehead atoms. The topological polar surface area (TPSA) is 74.4 Å². The average molecular weight is 510 g/mol. The zero-order chi connectivity index (χ0) is 27.4. The fraction of sp³-hybridized carbons (Fsp3) is 0. The zero-order valence-corrected chi connectivity index (χ0v) is 20.8. The number of benzene rings is 5. The van der Waals surface area contributed by atoms with Gasteiger partial charge in [0.15, 0.2) is 11.4 Å². The number of hydrogen-bond acceptors (Lipinski definition) is 3. The van der Waals surface area contributed by atoms with Gasteiger partial charge in [-0.25, -0.2) is 9.69 Å². The van der Waals surface area contributed by atoms with Crippen molar-refractivity contribution in [3.05, 3.63) is 125 Å². The van der Waals surface area contributed by atoms with Crippen molar-refractivity contribution in [2.75, 3.05) is 0 Å². The van der Waals surface area contributed by atoms with Gasteiger partial charge in [0.05, 0.1) is 47.1 Å². The second kappa shape index (κ2) is 8.61. The van der Waals surface area contributed by atoms with Gasteiger partial charge in [-0.05, 0) is 71.6 Å². The number of para-hydroxylation sites is 1. The minimum absolute atomic E-state index is 0.488. The van der Waals surface area contributed by atoms with Crippen molar-refractivity contribution in [2.45, 2.75) is 0 Å². The second-order valence-electron chi connectivity index (χ2n) is 9.41. The minimum atomic E-state index is 0.488. The molecule has 0 amide bonds. The van der Waals surface area contributed by atoms with Crippen LogP contribution < -0.4 is 0 Å². The van der Waals surface area contributed by atoms with Crippen molar-refractivity contribution < 1.29 is 4.42 Å². The first kappa shape index (κ1) is 22.8. The molecule has 0 aliphatic rings. The molecule has 0 saturated carbocycles. The quantitative estimate of drug-likeness (QED) is 0.218. The molecule has 0 saturated heterocycles. The highest BCUT2D eigenvalue weighted by molar-refractivity contribution is 6.12. The van der Waals surface area contributed by atoms with Gasteiger partial charge in [-0.2, -0.15) is 10.5 Å². The first-order chi connectivity index (χ1) is 19.6. The summed E-state index contributed by atoms with van der Waals surface area (Å²) in [5.74, 6) is 0. The van der Waals surface area contributed by atoms with Crippen LogP contribution in [0.2, 0.25) is 0 Å². The van der Waals surface area contributed by atoms with Gasteiger partial charge in [0.2, 0.25) is 0 Å². The van der Waals surface area contributed by atoms with E-state index in [9.17, 15) is 10.5 Å². The average Bonchev–Trinajstić information content (AvgIpc) is 3.54. The highest BCUT2D eigenvalue weighted by atomic mass is 16.3. The Morgan fingerprint density at radius 3 is 2.02 bits per heavy atom. The van der Waals surface area contributed by atoms with E-state index >= 15 is 0 Å². The van der Waals surface area contributed by atoms with Crippen molar-refractivity contribution in [2.24, 2.45) is 0 Å². The zero-order valence-electron chi connectivity index (χ0n) is 20.8. The highest BCUT2D eigenvalue weighted by Crippen LogP contribution is 2.41. The molecule has 0 aliphatic heterocycles. The third kappa shape index (κ3) is 3.25. The van der Waals surface area contributed by atoms with E-state index in [4.69, 9.17) is 17.6 Å². The van der Waals surface area contributed by atoms with E-state index in [2.05, 4.69) is 21.8 Å². The molecular weight excluding hydrogens is 494 g/mol. The Morgan fingerprint density at radius 1 is 0.650 bits per heavy atom. The monoisotopic (exact) mass is 509 g/mol. The van der Waals surface area contributed by atoms with Gasteiger partial charge in [-0.3, -0.25) is 0 Å². The van der Waals surface area contributed by atoms with E-state index < -0.39 is 0 Å². The fourth-order valence-corrected chi connectivity index (χ4v) is 5.50. The molecule has 40 heavy (non-hydrogen) atoms. The molecule has 182 valence electrons. The number of rotatable bonds is 2. The largest absolute Gasteiger partial charge is 0.456 e. The summed E-state index contributed by atoms with van der Waals surface area (Å²) in [5, 5.41) is 23.2. The molecule has 2 aromatic heterocycles. The summed E-state index contributed by atoms with van der Waals surface area (Å²) in [5.41, 5.74) is 7.56. The minimum Gasteiger partial charge on any atom is -0.456 e. The summed E-state index contributed by atoms with van der Waals surface area (Å²) in [4.78, 5) is 7.18. The van der Waals surface area contributed by atoms with Crippen molar-refractivity contribution in [1.82, 2.24) is 4.57 Å². The Morgan fingerprint density at radius 2 is 1.30 bits per heavy atom. The third-order valence-electron chi connectivity index (χ3n) is 7.28. The number of fused-ring (bicyclic) bond motifs is 6. The molecule has 6 heteroatoms. The van der Waals surface area contributed by atoms with Crippen LogP contribution in [0.3, 0.4) is 0 Å². The molecule has 5 aromatic carbocycles. The molecule has 7 rings (SSSR count). The third-order valence-corrected chi connectivity index (χ3v) is 7.28. The maximum atomic E-state index is 10.2. The summed E-state index contributed by atoms with van der Waals surface area (Å²) in [6.07, 6.45) is 0. The molecule has 0 atom stereocenters. The molecule has 6 nitrogen and oxygen atoms in total. The predicted octanol–water partition coefficient (Wildman–Crippen LogP) is 9.20. The van der Waals surface area contributed by atoms with E-state index in [1.165, 1.54) is 0 Å². The highest BCUT2D eigenvalue weighted by Gasteiger charge is 2.20. The fourth-order valence-electron chi connectivity index (χ4n) is 5.50. The molecular formula is C34H15N5O. The maximum absolute atomic E-state index is 10.2. The Balaban J connectivity index is 1.58. The number of hydrogen-bond donors (Lipinski definition) is 0. The van der Waals surface area contributed by atoms with Crippen LogP contribution in [0.5, 0.6) is 0 Å². The standard InChI is InChI=1S/C34H15N5O/c1-37-23-8-11-31-27(16-23)26-14-20(18-35)6-10-30(26)39(31)34-22(19-36)4-3-5-25(34)21-7-12-32-28(15-21)29-17-24(38-2)9-13-33(29)40-32/h3-17H. The van der Waals surface area contributed by atoms with Crippen molar-refractivity contribution in [3.63, 3.8) is 0 Å². The molecule has 0 aliphatic carbocycles. The van der Waals surface area contributed by atoms with Gasteiger partial charge in [-0.1, -0.05) is 30.3 Å². The first-order valence-corrected chi connectivity index (χ1v) is 12.4. The predicted molar refractivity (Wildman–Crippen MR) is 155 cm³/mol. The second-order valence-corrected chi connectivity index (χ2v) is 9.41. The van der Waals surface area contributed by atoms with Crippen molar-refractivity contribution >= 4 is 55.1 Å². The first-order valence-electron chi connectivity index (χ1n) is 12.4. The van der Waals surface area contributed by atoms with Gasteiger partial charge in [0.1, 0.15) is 17.2 Å². The number of nitrogens with zero attached hydrogens (tertiary/aromatic N) is 5. The lowest BCUT2D eigenvalue weighted by atomic mass is 9.98. The molecule has 0 unspecified atom stereocenters. The maximum Gasteiger partial charge on any atom is 0.188 e. The normalized spacial score (nSPS) is 10.9. The number of nitriles is 2. The number of furan rings is 1. The van der Waals surface area contributed by atoms with Crippen LogP contribution in [0.15, 0.2) is 95.4 Å². The summed E-state index contributed by atoms with van der Waals surface area (Å²) in [6.45, 7) is 14.9. The van der Waals surface area contributed by atoms with Crippen LogP contribution in [-0.4, -0.2) is 4.57 Å². The Labute approximate surface area is 228 Å². The van der Waals surface area contributed by atoms with E-state index in [1.807, 2.05) is 71.3 Å². The van der Waals surface area contributed by atoms with Crippen LogP contribution in [-0.2, 0) is 0 Å². The van der Waals surface area contributed by atoms with Crippen LogP contribution in [0.1, 0.15) is 11.1 Å². The van der Waals surface area contributed by atoms with Gasteiger partial charge in [-0.15, -0.1) is 0 Å². The SMILES string of the molecule is [C-]#[N+]c1ccc2oc3ccc(-c4cccc(C#N)c4-n4c5ccc(C#N)cc5c5cc([N+]#[C-])ccc54)cc3c2c1. The Bertz CT molecular complexity index is 2310. The smallest absolute Gasteiger partial charge is 0.188 e. The van der Waals surface area contributed by atoms with Crippen LogP contribution in [0.25, 0.3) is 70.2 Å². The van der Waals surface area contributed by atoms with E-state index in [-0.39, 0.29) is 0 Å². The lowest BCUT2D eigenvalue weighted by Crippen LogP contribution is -2.00. The summed E-state index contributed by atoms with van der Waals surface area (Å²) < 4.78 is 8.08. The van der Waals surface area contributed by atoms with E-state index in [0.29, 0.717) is 39.4 Å². The molecule has 0 fully saturated rings. The Kier molecular flexibility index (Phi) is 4.91. The van der Waals surface area contributed by atoms with Crippen molar-refractivity contribution in [1.29, 1.82) is 10.5 Å². The lowest BCUT2D eigenvalue weighted by molar-refractivity contribution is 0.669. The van der Waals surface area contributed by atoms with Crippen molar-refractivity contribution in [3.8, 4) is 29.0 Å².